The molecular weight excluding hydrogens is 514 g/mol. The van der Waals surface area contributed by atoms with Crippen molar-refractivity contribution in [2.75, 3.05) is 4.72 Å². The first-order valence-electron chi connectivity index (χ1n) is 5.90. The van der Waals surface area contributed by atoms with E-state index in [4.69, 9.17) is 0 Å². The van der Waals surface area contributed by atoms with Gasteiger partial charge in [-0.1, -0.05) is 15.9 Å². The number of halogens is 5. The molecule has 10 heteroatoms. The molecule has 0 heterocycles. The third-order valence-corrected chi connectivity index (χ3v) is 5.13. The van der Waals surface area contributed by atoms with E-state index < -0.39 is 22.1 Å². The van der Waals surface area contributed by atoms with E-state index in [1.54, 1.807) is 12.1 Å². The number of ether oxygens (including phenoxy) is 1. The predicted octanol–water partition coefficient (Wildman–Crippen LogP) is 4.75. The molecule has 0 aliphatic rings. The summed E-state index contributed by atoms with van der Waals surface area (Å²) in [6, 6.07) is 9.46. The number of rotatable bonds is 4. The van der Waals surface area contributed by atoms with E-state index in [0.29, 0.717) is 4.47 Å². The lowest BCUT2D eigenvalue weighted by atomic mass is 10.3. The van der Waals surface area contributed by atoms with Crippen LogP contribution < -0.4 is 9.46 Å². The molecule has 0 aromatic heterocycles. The summed E-state index contributed by atoms with van der Waals surface area (Å²) >= 11 is 5.02. The summed E-state index contributed by atoms with van der Waals surface area (Å²) in [5.74, 6) is -0.652. The zero-order chi connectivity index (χ0) is 17.3. The fourth-order valence-corrected chi connectivity index (χ4v) is 3.38. The lowest BCUT2D eigenvalue weighted by Gasteiger charge is -2.15. The van der Waals surface area contributed by atoms with E-state index in [2.05, 4.69) is 25.4 Å². The Kier molecular flexibility index (Phi) is 5.46. The SMILES string of the molecule is O=S(=O)(Nc1ccc(Br)cc1OC(F)(F)F)c1ccc(I)cc1. The molecule has 0 amide bonds. The van der Waals surface area contributed by atoms with Gasteiger partial charge in [-0.05, 0) is 65.1 Å². The van der Waals surface area contributed by atoms with Crippen molar-refractivity contribution in [3.63, 3.8) is 0 Å². The molecular formula is C13H8BrF3INO3S. The maximum absolute atomic E-state index is 12.4. The highest BCUT2D eigenvalue weighted by Gasteiger charge is 2.32. The summed E-state index contributed by atoms with van der Waals surface area (Å²) in [6.45, 7) is 0. The van der Waals surface area contributed by atoms with Crippen molar-refractivity contribution in [2.45, 2.75) is 11.3 Å². The van der Waals surface area contributed by atoms with Gasteiger partial charge in [-0.2, -0.15) is 0 Å². The van der Waals surface area contributed by atoms with Crippen molar-refractivity contribution >= 4 is 54.2 Å². The second kappa shape index (κ2) is 6.85. The molecule has 0 saturated heterocycles. The van der Waals surface area contributed by atoms with Crippen molar-refractivity contribution in [3.05, 3.63) is 50.5 Å². The largest absolute Gasteiger partial charge is 0.573 e. The van der Waals surface area contributed by atoms with Gasteiger partial charge in [0.1, 0.15) is 0 Å². The van der Waals surface area contributed by atoms with E-state index in [1.807, 2.05) is 22.6 Å². The smallest absolute Gasteiger partial charge is 0.403 e. The molecule has 1 N–H and O–H groups in total. The van der Waals surface area contributed by atoms with Crippen LogP contribution in [0.25, 0.3) is 0 Å². The van der Waals surface area contributed by atoms with Gasteiger partial charge in [0, 0.05) is 8.04 Å². The number of nitrogens with one attached hydrogen (secondary N) is 1. The van der Waals surface area contributed by atoms with Crippen LogP contribution in [0.5, 0.6) is 5.75 Å². The average molecular weight is 522 g/mol. The van der Waals surface area contributed by atoms with Crippen LogP contribution in [-0.2, 0) is 10.0 Å². The summed E-state index contributed by atoms with van der Waals surface area (Å²) in [5.41, 5.74) is -0.316. The predicted molar refractivity (Wildman–Crippen MR) is 90.8 cm³/mol. The molecule has 2 rings (SSSR count). The van der Waals surface area contributed by atoms with Crippen LogP contribution >= 0.6 is 38.5 Å². The molecule has 23 heavy (non-hydrogen) atoms. The summed E-state index contributed by atoms with van der Waals surface area (Å²) < 4.78 is 68.9. The molecule has 0 unspecified atom stereocenters. The highest BCUT2D eigenvalue weighted by Crippen LogP contribution is 2.34. The Morgan fingerprint density at radius 3 is 2.26 bits per heavy atom. The molecule has 4 nitrogen and oxygen atoms in total. The van der Waals surface area contributed by atoms with Crippen LogP contribution in [0.2, 0.25) is 0 Å². The summed E-state index contributed by atoms with van der Waals surface area (Å²) in [4.78, 5) is -0.0706. The Labute approximate surface area is 152 Å². The first-order chi connectivity index (χ1) is 10.6. The molecule has 2 aromatic carbocycles. The molecule has 0 bridgehead atoms. The van der Waals surface area contributed by atoms with E-state index in [0.717, 1.165) is 9.64 Å². The fraction of sp³-hybridized carbons (Fsp3) is 0.0769. The Morgan fingerprint density at radius 2 is 1.70 bits per heavy atom. The third-order valence-electron chi connectivity index (χ3n) is 2.54. The molecule has 0 radical (unpaired) electrons. The molecule has 2 aromatic rings. The Bertz CT molecular complexity index is 810. The molecule has 124 valence electrons. The minimum atomic E-state index is -4.94. The van der Waals surface area contributed by atoms with Gasteiger partial charge < -0.3 is 4.74 Å². The second-order valence-electron chi connectivity index (χ2n) is 4.25. The Balaban J connectivity index is 2.37. The van der Waals surface area contributed by atoms with Gasteiger partial charge in [0.2, 0.25) is 0 Å². The van der Waals surface area contributed by atoms with Gasteiger partial charge in [-0.3, -0.25) is 4.72 Å². The van der Waals surface area contributed by atoms with Gasteiger partial charge in [0.05, 0.1) is 10.6 Å². The Hall–Kier alpha value is -1.01. The maximum Gasteiger partial charge on any atom is 0.573 e. The van der Waals surface area contributed by atoms with Crippen molar-refractivity contribution in [3.8, 4) is 5.75 Å². The quantitative estimate of drug-likeness (QED) is 0.591. The van der Waals surface area contributed by atoms with Crippen LogP contribution in [0.3, 0.4) is 0 Å². The zero-order valence-electron chi connectivity index (χ0n) is 11.1. The monoisotopic (exact) mass is 521 g/mol. The first-order valence-corrected chi connectivity index (χ1v) is 9.26. The van der Waals surface area contributed by atoms with Crippen molar-refractivity contribution < 1.29 is 26.3 Å². The fourth-order valence-electron chi connectivity index (χ4n) is 1.61. The first kappa shape index (κ1) is 18.3. The molecule has 0 fully saturated rings. The Morgan fingerprint density at radius 1 is 1.09 bits per heavy atom. The second-order valence-corrected chi connectivity index (χ2v) is 8.09. The lowest BCUT2D eigenvalue weighted by Crippen LogP contribution is -2.20. The van der Waals surface area contributed by atoms with Crippen molar-refractivity contribution in [1.82, 2.24) is 0 Å². The van der Waals surface area contributed by atoms with Gasteiger partial charge in [-0.15, -0.1) is 13.2 Å². The van der Waals surface area contributed by atoms with E-state index >= 15 is 0 Å². The third kappa shape index (κ3) is 5.24. The van der Waals surface area contributed by atoms with E-state index in [9.17, 15) is 21.6 Å². The summed E-state index contributed by atoms with van der Waals surface area (Å²) in [5, 5.41) is 0. The van der Waals surface area contributed by atoms with Crippen LogP contribution in [0, 0.1) is 3.57 Å². The number of anilines is 1. The molecule has 0 spiro atoms. The summed E-state index contributed by atoms with van der Waals surface area (Å²) in [7, 11) is -4.04. The number of hydrogen-bond donors (Lipinski definition) is 1. The minimum Gasteiger partial charge on any atom is -0.403 e. The topological polar surface area (TPSA) is 55.4 Å². The number of alkyl halides is 3. The highest BCUT2D eigenvalue weighted by molar-refractivity contribution is 14.1. The van der Waals surface area contributed by atoms with Crippen LogP contribution in [0.15, 0.2) is 51.8 Å². The van der Waals surface area contributed by atoms with Crippen molar-refractivity contribution in [2.24, 2.45) is 0 Å². The highest BCUT2D eigenvalue weighted by atomic mass is 127. The van der Waals surface area contributed by atoms with Gasteiger partial charge in [0.15, 0.2) is 5.75 Å². The van der Waals surface area contributed by atoms with Crippen molar-refractivity contribution in [1.29, 1.82) is 0 Å². The number of sulfonamides is 1. The maximum atomic E-state index is 12.4. The molecule has 0 aliphatic carbocycles. The van der Waals surface area contributed by atoms with Gasteiger partial charge in [0.25, 0.3) is 10.0 Å². The molecule has 0 aliphatic heterocycles. The van der Waals surface area contributed by atoms with E-state index in [-0.39, 0.29) is 10.6 Å². The van der Waals surface area contributed by atoms with Gasteiger partial charge in [-0.25, -0.2) is 8.42 Å². The molecule has 0 atom stereocenters. The van der Waals surface area contributed by atoms with Crippen LogP contribution in [-0.4, -0.2) is 14.8 Å². The van der Waals surface area contributed by atoms with E-state index in [1.165, 1.54) is 24.3 Å². The normalized spacial score (nSPS) is 12.0. The lowest BCUT2D eigenvalue weighted by molar-refractivity contribution is -0.274. The molecule has 0 saturated carbocycles. The zero-order valence-corrected chi connectivity index (χ0v) is 15.6. The number of hydrogen-bond acceptors (Lipinski definition) is 3. The van der Waals surface area contributed by atoms with Gasteiger partial charge >= 0.3 is 6.36 Å². The number of benzene rings is 2. The standard InChI is InChI=1S/C13H8BrF3INO3S/c14-8-1-6-11(12(7-8)22-13(15,16)17)19-23(20,21)10-4-2-9(18)3-5-10/h1-7,19H. The van der Waals surface area contributed by atoms with Crippen LogP contribution in [0.4, 0.5) is 18.9 Å². The summed E-state index contributed by atoms with van der Waals surface area (Å²) in [6.07, 6.45) is -4.94. The average Bonchev–Trinajstić information content (AvgIpc) is 2.40. The van der Waals surface area contributed by atoms with Crippen LogP contribution in [0.1, 0.15) is 0 Å². The minimum absolute atomic E-state index is 0.0706.